The number of benzene rings is 1. The van der Waals surface area contributed by atoms with Gasteiger partial charge in [0.15, 0.2) is 5.11 Å². The molecule has 0 saturated heterocycles. The quantitative estimate of drug-likeness (QED) is 0.600. The predicted octanol–water partition coefficient (Wildman–Crippen LogP) is 4.26. The van der Waals surface area contributed by atoms with Gasteiger partial charge < -0.3 is 19.8 Å². The molecule has 5 nitrogen and oxygen atoms in total. The number of allylic oxidation sites excluding steroid dienone is 1. The van der Waals surface area contributed by atoms with Gasteiger partial charge in [-0.25, -0.2) is 4.79 Å². The Bertz CT molecular complexity index is 904. The molecule has 1 atom stereocenters. The highest BCUT2D eigenvalue weighted by molar-refractivity contribution is 7.80. The number of carbonyl (C=O) groups excluding carboxylic acids is 1. The van der Waals surface area contributed by atoms with Crippen LogP contribution in [0.4, 0.5) is 0 Å². The first-order valence-electron chi connectivity index (χ1n) is 8.23. The number of ether oxygens (including phenoxy) is 1. The van der Waals surface area contributed by atoms with Gasteiger partial charge in [-0.1, -0.05) is 23.7 Å². The van der Waals surface area contributed by atoms with Crippen LogP contribution in [0.25, 0.3) is 11.3 Å². The van der Waals surface area contributed by atoms with Crippen LogP contribution in [0.15, 0.2) is 46.0 Å². The summed E-state index contributed by atoms with van der Waals surface area (Å²) in [5.74, 6) is 0.840. The van der Waals surface area contributed by atoms with E-state index in [0.29, 0.717) is 32.9 Å². The molecule has 0 amide bonds. The minimum Gasteiger partial charge on any atom is -0.463 e. The summed E-state index contributed by atoms with van der Waals surface area (Å²) in [5, 5.41) is 7.15. The van der Waals surface area contributed by atoms with Crippen LogP contribution in [0, 0.1) is 6.92 Å². The van der Waals surface area contributed by atoms with Gasteiger partial charge >= 0.3 is 5.97 Å². The number of hydrogen-bond donors (Lipinski definition) is 2. The lowest BCUT2D eigenvalue weighted by atomic mass is 10.0. The van der Waals surface area contributed by atoms with Crippen molar-refractivity contribution in [2.75, 3.05) is 6.61 Å². The SMILES string of the molecule is CCOC(=O)C1=C(C)NC(=S)N[C@H]1c1ccc(-c2cccc(Cl)c2C)o1. The van der Waals surface area contributed by atoms with Gasteiger partial charge in [0.2, 0.25) is 0 Å². The molecule has 1 aromatic carbocycles. The number of nitrogens with one attached hydrogen (secondary N) is 2. The summed E-state index contributed by atoms with van der Waals surface area (Å²) in [6.45, 7) is 5.78. The molecule has 7 heteroatoms. The minimum absolute atomic E-state index is 0.290. The van der Waals surface area contributed by atoms with Gasteiger partial charge in [-0.15, -0.1) is 0 Å². The molecule has 1 aliphatic heterocycles. The highest BCUT2D eigenvalue weighted by Gasteiger charge is 2.33. The topological polar surface area (TPSA) is 63.5 Å². The summed E-state index contributed by atoms with van der Waals surface area (Å²) in [6, 6.07) is 8.82. The number of hydrogen-bond acceptors (Lipinski definition) is 4. The Morgan fingerprint density at radius 3 is 2.81 bits per heavy atom. The van der Waals surface area contributed by atoms with Crippen molar-refractivity contribution in [3.05, 3.63) is 57.9 Å². The maximum absolute atomic E-state index is 12.4. The van der Waals surface area contributed by atoms with Crippen LogP contribution in [0.2, 0.25) is 5.02 Å². The molecule has 136 valence electrons. The molecule has 26 heavy (non-hydrogen) atoms. The van der Waals surface area contributed by atoms with Crippen molar-refractivity contribution in [2.24, 2.45) is 0 Å². The lowest BCUT2D eigenvalue weighted by Gasteiger charge is -2.28. The van der Waals surface area contributed by atoms with Crippen molar-refractivity contribution < 1.29 is 13.9 Å². The van der Waals surface area contributed by atoms with Crippen LogP contribution in [-0.4, -0.2) is 17.7 Å². The summed E-state index contributed by atoms with van der Waals surface area (Å²) < 4.78 is 11.2. The van der Waals surface area contributed by atoms with E-state index in [2.05, 4.69) is 10.6 Å². The molecule has 2 N–H and O–H groups in total. The van der Waals surface area contributed by atoms with Crippen molar-refractivity contribution >= 4 is 34.9 Å². The predicted molar refractivity (Wildman–Crippen MR) is 105 cm³/mol. The van der Waals surface area contributed by atoms with Gasteiger partial charge in [-0.3, -0.25) is 0 Å². The molecule has 3 rings (SSSR count). The molecule has 0 bridgehead atoms. The van der Waals surface area contributed by atoms with E-state index in [-0.39, 0.29) is 6.61 Å². The van der Waals surface area contributed by atoms with Crippen LogP contribution >= 0.6 is 23.8 Å². The normalized spacial score (nSPS) is 16.9. The molecule has 0 saturated carbocycles. The van der Waals surface area contributed by atoms with Crippen LogP contribution < -0.4 is 10.6 Å². The average Bonchev–Trinajstić information content (AvgIpc) is 3.06. The van der Waals surface area contributed by atoms with Crippen molar-refractivity contribution in [1.29, 1.82) is 0 Å². The first-order valence-corrected chi connectivity index (χ1v) is 9.01. The Balaban J connectivity index is 2.01. The Kier molecular flexibility index (Phi) is 5.34. The van der Waals surface area contributed by atoms with Crippen molar-refractivity contribution in [3.8, 4) is 11.3 Å². The van der Waals surface area contributed by atoms with E-state index in [9.17, 15) is 4.79 Å². The second-order valence-corrected chi connectivity index (χ2v) is 6.72. The molecule has 2 heterocycles. The third kappa shape index (κ3) is 3.48. The van der Waals surface area contributed by atoms with E-state index < -0.39 is 12.0 Å². The average molecular weight is 391 g/mol. The largest absolute Gasteiger partial charge is 0.463 e. The second-order valence-electron chi connectivity index (χ2n) is 5.91. The lowest BCUT2D eigenvalue weighted by molar-refractivity contribution is -0.139. The minimum atomic E-state index is -0.518. The van der Waals surface area contributed by atoms with Gasteiger partial charge in [0, 0.05) is 16.3 Å². The molecular formula is C19H19ClN2O3S. The van der Waals surface area contributed by atoms with Crippen LogP contribution in [-0.2, 0) is 9.53 Å². The molecule has 0 spiro atoms. The summed E-state index contributed by atoms with van der Waals surface area (Å²) in [6.07, 6.45) is 0. The monoisotopic (exact) mass is 390 g/mol. The zero-order valence-corrected chi connectivity index (χ0v) is 16.3. The summed E-state index contributed by atoms with van der Waals surface area (Å²) in [7, 11) is 0. The number of rotatable bonds is 4. The van der Waals surface area contributed by atoms with Gasteiger partial charge in [-0.2, -0.15) is 0 Å². The lowest BCUT2D eigenvalue weighted by Crippen LogP contribution is -2.45. The number of carbonyl (C=O) groups is 1. The number of furan rings is 1. The number of thiocarbonyl (C=S) groups is 1. The van der Waals surface area contributed by atoms with E-state index in [0.717, 1.165) is 11.1 Å². The number of halogens is 1. The standard InChI is InChI=1S/C19H19ClN2O3S/c1-4-24-18(23)16-11(3)21-19(26)22-17(16)15-9-8-14(25-15)12-6-5-7-13(20)10(12)2/h5-9,17H,4H2,1-3H3,(H2,21,22,26)/t17-/m0/s1. The molecule has 1 aliphatic rings. The fourth-order valence-corrected chi connectivity index (χ4v) is 3.36. The van der Waals surface area contributed by atoms with E-state index in [4.69, 9.17) is 33.0 Å². The van der Waals surface area contributed by atoms with E-state index >= 15 is 0 Å². The third-order valence-corrected chi connectivity index (χ3v) is 4.84. The van der Waals surface area contributed by atoms with Crippen molar-refractivity contribution in [3.63, 3.8) is 0 Å². The van der Waals surface area contributed by atoms with Crippen LogP contribution in [0.3, 0.4) is 0 Å². The molecule has 0 radical (unpaired) electrons. The fourth-order valence-electron chi connectivity index (χ4n) is 2.91. The Morgan fingerprint density at radius 2 is 2.08 bits per heavy atom. The highest BCUT2D eigenvalue weighted by atomic mass is 35.5. The molecule has 1 aromatic heterocycles. The smallest absolute Gasteiger partial charge is 0.338 e. The second kappa shape index (κ2) is 7.51. The molecule has 0 unspecified atom stereocenters. The van der Waals surface area contributed by atoms with Crippen molar-refractivity contribution in [2.45, 2.75) is 26.8 Å². The van der Waals surface area contributed by atoms with Gasteiger partial charge in [-0.05, 0) is 56.8 Å². The number of esters is 1. The first-order chi connectivity index (χ1) is 12.4. The summed E-state index contributed by atoms with van der Waals surface area (Å²) >= 11 is 11.4. The van der Waals surface area contributed by atoms with Crippen LogP contribution in [0.1, 0.15) is 31.2 Å². The molecule has 0 aliphatic carbocycles. The van der Waals surface area contributed by atoms with Gasteiger partial charge in [0.05, 0.1) is 12.2 Å². The Hall–Kier alpha value is -2.31. The van der Waals surface area contributed by atoms with Gasteiger partial charge in [0.1, 0.15) is 17.6 Å². The van der Waals surface area contributed by atoms with Gasteiger partial charge in [0.25, 0.3) is 0 Å². The first kappa shape index (κ1) is 18.5. The molecule has 2 aromatic rings. The maximum Gasteiger partial charge on any atom is 0.338 e. The summed E-state index contributed by atoms with van der Waals surface area (Å²) in [4.78, 5) is 12.4. The zero-order valence-electron chi connectivity index (χ0n) is 14.7. The molecular weight excluding hydrogens is 372 g/mol. The van der Waals surface area contributed by atoms with E-state index in [1.165, 1.54) is 0 Å². The highest BCUT2D eigenvalue weighted by Crippen LogP contribution is 2.34. The maximum atomic E-state index is 12.4. The van der Waals surface area contributed by atoms with Crippen LogP contribution in [0.5, 0.6) is 0 Å². The Labute approximate surface area is 162 Å². The fraction of sp³-hybridized carbons (Fsp3) is 0.263. The Morgan fingerprint density at radius 1 is 1.31 bits per heavy atom. The van der Waals surface area contributed by atoms with E-state index in [1.807, 2.05) is 37.3 Å². The van der Waals surface area contributed by atoms with E-state index in [1.54, 1.807) is 13.8 Å². The third-order valence-electron chi connectivity index (χ3n) is 4.21. The summed E-state index contributed by atoms with van der Waals surface area (Å²) in [5.41, 5.74) is 2.93. The molecule has 0 fully saturated rings. The van der Waals surface area contributed by atoms with Crippen molar-refractivity contribution in [1.82, 2.24) is 10.6 Å². The zero-order chi connectivity index (χ0) is 18.8.